The van der Waals surface area contributed by atoms with Gasteiger partial charge in [-0.1, -0.05) is 23.9 Å². The van der Waals surface area contributed by atoms with Crippen LogP contribution >= 0.6 is 11.8 Å². The smallest absolute Gasteiger partial charge is 0.209 e. The zero-order valence-corrected chi connectivity index (χ0v) is 17.8. The lowest BCUT2D eigenvalue weighted by molar-refractivity contribution is 0.0912. The lowest BCUT2D eigenvalue weighted by Gasteiger charge is -2.11. The molecule has 7 nitrogen and oxygen atoms in total. The number of ketones is 1. The molecule has 0 N–H and O–H groups in total. The number of ether oxygens (including phenoxy) is 1. The highest BCUT2D eigenvalue weighted by molar-refractivity contribution is 7.99. The second-order valence-electron chi connectivity index (χ2n) is 7.45. The summed E-state index contributed by atoms with van der Waals surface area (Å²) < 4.78 is 9.53. The van der Waals surface area contributed by atoms with Crippen molar-refractivity contribution in [2.45, 2.75) is 51.4 Å². The molecule has 0 spiro atoms. The zero-order valence-electron chi connectivity index (χ0n) is 17.0. The standard InChI is InChI=1S/C21H25N5O2S/c1-14-6-4-7-17(10-14)26-15(2)11-19(16(26)3)20(27)13-29-21-22-23-24-25(21)12-18-8-5-9-28-18/h4,6-7,10-11,18H,5,8-9,12-13H2,1-3H3. The van der Waals surface area contributed by atoms with Crippen molar-refractivity contribution in [2.24, 2.45) is 0 Å². The Kier molecular flexibility index (Phi) is 5.82. The fourth-order valence-electron chi connectivity index (χ4n) is 3.81. The number of nitrogens with zero attached hydrogens (tertiary/aromatic N) is 5. The first-order valence-electron chi connectivity index (χ1n) is 9.82. The summed E-state index contributed by atoms with van der Waals surface area (Å²) in [5.74, 6) is 0.373. The van der Waals surface area contributed by atoms with E-state index in [0.717, 1.165) is 42.1 Å². The lowest BCUT2D eigenvalue weighted by atomic mass is 10.2. The van der Waals surface area contributed by atoms with Crippen molar-refractivity contribution in [3.8, 4) is 5.69 Å². The number of Topliss-reactive ketones (excluding diaryl/α,β-unsaturated/α-hetero) is 1. The number of hydrogen-bond acceptors (Lipinski definition) is 6. The van der Waals surface area contributed by atoms with Crippen molar-refractivity contribution in [1.29, 1.82) is 0 Å². The average Bonchev–Trinajstić information content (AvgIpc) is 3.42. The number of rotatable bonds is 7. The molecule has 1 aliphatic heterocycles. The van der Waals surface area contributed by atoms with Crippen LogP contribution in [-0.4, -0.2) is 49.0 Å². The van der Waals surface area contributed by atoms with Gasteiger partial charge in [0, 0.05) is 29.2 Å². The molecule has 8 heteroatoms. The molecule has 0 aliphatic carbocycles. The van der Waals surface area contributed by atoms with E-state index in [1.54, 1.807) is 4.68 Å². The number of aryl methyl sites for hydroxylation is 2. The first-order chi connectivity index (χ1) is 14.0. The highest BCUT2D eigenvalue weighted by Gasteiger charge is 2.21. The molecule has 1 aliphatic rings. The Labute approximate surface area is 174 Å². The largest absolute Gasteiger partial charge is 0.376 e. The highest BCUT2D eigenvalue weighted by atomic mass is 32.2. The van der Waals surface area contributed by atoms with E-state index in [2.05, 4.69) is 45.2 Å². The predicted octanol–water partition coefficient (Wildman–Crippen LogP) is 3.54. The van der Waals surface area contributed by atoms with Gasteiger partial charge in [0.05, 0.1) is 18.4 Å². The first-order valence-corrected chi connectivity index (χ1v) is 10.8. The van der Waals surface area contributed by atoms with E-state index in [4.69, 9.17) is 4.74 Å². The number of aromatic nitrogens is 5. The Morgan fingerprint density at radius 3 is 2.90 bits per heavy atom. The van der Waals surface area contributed by atoms with Gasteiger partial charge in [0.15, 0.2) is 5.78 Å². The predicted molar refractivity (Wildman–Crippen MR) is 112 cm³/mol. The molecule has 1 fully saturated rings. The van der Waals surface area contributed by atoms with Crippen molar-refractivity contribution in [3.05, 3.63) is 52.8 Å². The van der Waals surface area contributed by atoms with Gasteiger partial charge >= 0.3 is 0 Å². The Bertz CT molecular complexity index is 1020. The minimum atomic E-state index is 0.0775. The molecule has 0 saturated carbocycles. The molecular formula is C21H25N5O2S. The molecule has 0 bridgehead atoms. The van der Waals surface area contributed by atoms with Crippen LogP contribution in [0.15, 0.2) is 35.5 Å². The van der Waals surface area contributed by atoms with Gasteiger partial charge in [-0.2, -0.15) is 0 Å². The quantitative estimate of drug-likeness (QED) is 0.437. The summed E-state index contributed by atoms with van der Waals surface area (Å²) in [6, 6.07) is 10.3. The monoisotopic (exact) mass is 411 g/mol. The van der Waals surface area contributed by atoms with E-state index < -0.39 is 0 Å². The lowest BCUT2D eigenvalue weighted by Crippen LogP contribution is -2.17. The maximum absolute atomic E-state index is 12.9. The van der Waals surface area contributed by atoms with Crippen LogP contribution in [0.25, 0.3) is 5.69 Å². The van der Waals surface area contributed by atoms with Gasteiger partial charge < -0.3 is 9.30 Å². The molecule has 152 valence electrons. The number of hydrogen-bond donors (Lipinski definition) is 0. The van der Waals surface area contributed by atoms with E-state index in [9.17, 15) is 4.79 Å². The molecule has 3 heterocycles. The van der Waals surface area contributed by atoms with E-state index >= 15 is 0 Å². The molecule has 1 aromatic carbocycles. The molecule has 1 unspecified atom stereocenters. The molecule has 2 aromatic heterocycles. The van der Waals surface area contributed by atoms with Gasteiger partial charge in [0.25, 0.3) is 0 Å². The number of carbonyl (C=O) groups is 1. The summed E-state index contributed by atoms with van der Waals surface area (Å²) in [5.41, 5.74) is 5.01. The maximum atomic E-state index is 12.9. The van der Waals surface area contributed by atoms with Crippen molar-refractivity contribution < 1.29 is 9.53 Å². The third-order valence-corrected chi connectivity index (χ3v) is 6.18. The van der Waals surface area contributed by atoms with Crippen LogP contribution in [-0.2, 0) is 11.3 Å². The summed E-state index contributed by atoms with van der Waals surface area (Å²) in [7, 11) is 0. The Hall–Kier alpha value is -2.45. The average molecular weight is 412 g/mol. The fourth-order valence-corrected chi connectivity index (χ4v) is 4.58. The van der Waals surface area contributed by atoms with E-state index in [-0.39, 0.29) is 11.9 Å². The van der Waals surface area contributed by atoms with Crippen molar-refractivity contribution in [3.63, 3.8) is 0 Å². The van der Waals surface area contributed by atoms with E-state index in [1.807, 2.05) is 26.0 Å². The Morgan fingerprint density at radius 2 is 2.14 bits per heavy atom. The van der Waals surface area contributed by atoms with Crippen LogP contribution < -0.4 is 0 Å². The van der Waals surface area contributed by atoms with Crippen LogP contribution in [0.2, 0.25) is 0 Å². The Balaban J connectivity index is 1.47. The number of thioether (sulfide) groups is 1. The van der Waals surface area contributed by atoms with Gasteiger partial charge in [-0.05, 0) is 67.8 Å². The number of tetrazole rings is 1. The minimum Gasteiger partial charge on any atom is -0.376 e. The second kappa shape index (κ2) is 8.51. The maximum Gasteiger partial charge on any atom is 0.209 e. The summed E-state index contributed by atoms with van der Waals surface area (Å²) in [4.78, 5) is 12.9. The molecule has 1 atom stereocenters. The van der Waals surface area contributed by atoms with Gasteiger partial charge in [-0.25, -0.2) is 4.68 Å². The van der Waals surface area contributed by atoms with E-state index in [0.29, 0.717) is 17.5 Å². The van der Waals surface area contributed by atoms with Crippen LogP contribution in [0.1, 0.15) is 40.2 Å². The third-order valence-electron chi connectivity index (χ3n) is 5.22. The molecule has 0 amide bonds. The SMILES string of the molecule is Cc1cccc(-n2c(C)cc(C(=O)CSc3nnnn3CC3CCCO3)c2C)c1. The number of carbonyl (C=O) groups excluding carboxylic acids is 1. The van der Waals surface area contributed by atoms with Gasteiger partial charge in [0.2, 0.25) is 5.16 Å². The van der Waals surface area contributed by atoms with Crippen LogP contribution in [0.4, 0.5) is 0 Å². The van der Waals surface area contributed by atoms with Crippen LogP contribution in [0, 0.1) is 20.8 Å². The van der Waals surface area contributed by atoms with Gasteiger partial charge in [-0.15, -0.1) is 5.10 Å². The summed E-state index contributed by atoms with van der Waals surface area (Å²) in [6.07, 6.45) is 2.25. The fraction of sp³-hybridized carbons (Fsp3) is 0.429. The molecular weight excluding hydrogens is 386 g/mol. The van der Waals surface area contributed by atoms with Crippen molar-refractivity contribution >= 4 is 17.5 Å². The second-order valence-corrected chi connectivity index (χ2v) is 8.39. The van der Waals surface area contributed by atoms with Gasteiger partial charge in [-0.3, -0.25) is 4.79 Å². The normalized spacial score (nSPS) is 16.4. The van der Waals surface area contributed by atoms with Crippen molar-refractivity contribution in [1.82, 2.24) is 24.8 Å². The molecule has 0 radical (unpaired) electrons. The van der Waals surface area contributed by atoms with Gasteiger partial charge in [0.1, 0.15) is 0 Å². The summed E-state index contributed by atoms with van der Waals surface area (Å²) in [6.45, 7) is 7.52. The van der Waals surface area contributed by atoms with Crippen LogP contribution in [0.5, 0.6) is 0 Å². The Morgan fingerprint density at radius 1 is 1.28 bits per heavy atom. The first kappa shape index (κ1) is 19.8. The molecule has 3 aromatic rings. The molecule has 4 rings (SSSR count). The summed E-state index contributed by atoms with van der Waals surface area (Å²) in [5, 5.41) is 12.6. The minimum absolute atomic E-state index is 0.0775. The van der Waals surface area contributed by atoms with Crippen molar-refractivity contribution in [2.75, 3.05) is 12.4 Å². The van der Waals surface area contributed by atoms with Crippen LogP contribution in [0.3, 0.4) is 0 Å². The molecule has 1 saturated heterocycles. The molecule has 29 heavy (non-hydrogen) atoms. The third kappa shape index (κ3) is 4.28. The van der Waals surface area contributed by atoms with E-state index in [1.165, 1.54) is 17.3 Å². The summed E-state index contributed by atoms with van der Waals surface area (Å²) >= 11 is 1.37. The highest BCUT2D eigenvalue weighted by Crippen LogP contribution is 2.24. The zero-order chi connectivity index (χ0) is 20.4. The number of benzene rings is 1. The topological polar surface area (TPSA) is 74.8 Å².